The Labute approximate surface area is 304 Å². The number of halogens is 12. The molecule has 0 heterocycles. The summed E-state index contributed by atoms with van der Waals surface area (Å²) in [4.78, 5) is 0. The zero-order valence-electron chi connectivity index (χ0n) is 30.0. The maximum absolute atomic E-state index is 12.8. The van der Waals surface area contributed by atoms with Gasteiger partial charge < -0.3 is 27.2 Å². The van der Waals surface area contributed by atoms with E-state index in [9.17, 15) is 52.7 Å². The summed E-state index contributed by atoms with van der Waals surface area (Å²) in [6.07, 6.45) is -17.1. The highest BCUT2D eigenvalue weighted by Gasteiger charge is 2.39. The second-order valence-corrected chi connectivity index (χ2v) is 15.9. The van der Waals surface area contributed by atoms with Crippen molar-refractivity contribution in [2.75, 3.05) is 34.0 Å². The maximum atomic E-state index is 12.8. The zero-order chi connectivity index (χ0) is 40.5. The molecule has 0 spiro atoms. The number of hydrogen-bond donors (Lipinski definition) is 0. The summed E-state index contributed by atoms with van der Waals surface area (Å²) in [6, 6.07) is 4.51. The van der Waals surface area contributed by atoms with Crippen molar-refractivity contribution < 1.29 is 79.9 Å². The van der Waals surface area contributed by atoms with E-state index in [-0.39, 0.29) is 36.1 Å². The third-order valence-corrected chi connectivity index (χ3v) is 11.7. The van der Waals surface area contributed by atoms with Gasteiger partial charge in [-0.2, -0.15) is 52.7 Å². The quantitative estimate of drug-likeness (QED) is 0.0574. The monoisotopic (exact) mass is 822 g/mol. The average molecular weight is 823 g/mol. The Balaban J connectivity index is 0.000000530. The largest absolute Gasteiger partial charge is 0.500 e. The van der Waals surface area contributed by atoms with E-state index in [0.717, 1.165) is 30.3 Å². The number of rotatable bonds is 20. The van der Waals surface area contributed by atoms with E-state index in [4.69, 9.17) is 27.2 Å². The molecular weight excluding hydrogens is 777 g/mol. The van der Waals surface area contributed by atoms with Crippen LogP contribution in [-0.4, -0.2) is 59.1 Å². The standard InChI is InChI=1S/C17H24F6O3Si.C16H22F6O3Si/c1-3-24-15(25-4-2)26-27-8-6-5-7-12-9-13(16(18,19)20)11-14(10-12)17(21,22)23;1-4-25-26(23-2,24-3)8-6-5-7-12-9-13(15(17,18)19)11-14(10-12)16(20,21)22/h9-11,15H,3-8,27H2,1-2H3;9-11H,4-8H2,1-3H3. The SMILES string of the molecule is CCOC(OCC)O[SiH2]CCCCc1cc(C(F)(F)F)cc(C(F)(F)F)c1.CCO[Si](CCCCc1cc(C(F)(F)F)cc(C(F)(F)F)c1)(OC)OC. The van der Waals surface area contributed by atoms with Gasteiger partial charge in [0.05, 0.1) is 22.3 Å². The van der Waals surface area contributed by atoms with Crippen LogP contribution in [0.5, 0.6) is 0 Å². The van der Waals surface area contributed by atoms with Crippen molar-refractivity contribution in [1.82, 2.24) is 0 Å². The van der Waals surface area contributed by atoms with E-state index in [1.54, 1.807) is 20.8 Å². The van der Waals surface area contributed by atoms with Gasteiger partial charge in [-0.25, -0.2) is 0 Å². The fraction of sp³-hybridized carbons (Fsp3) is 0.636. The molecule has 2 aromatic carbocycles. The van der Waals surface area contributed by atoms with Gasteiger partial charge in [0.2, 0.25) is 0 Å². The summed E-state index contributed by atoms with van der Waals surface area (Å²) in [6.45, 7) is 5.95. The zero-order valence-corrected chi connectivity index (χ0v) is 32.4. The maximum Gasteiger partial charge on any atom is 0.500 e. The van der Waals surface area contributed by atoms with Crippen LogP contribution in [0.25, 0.3) is 0 Å². The van der Waals surface area contributed by atoms with Crippen LogP contribution in [0.1, 0.15) is 79.8 Å². The van der Waals surface area contributed by atoms with E-state index in [2.05, 4.69) is 0 Å². The highest BCUT2D eigenvalue weighted by molar-refractivity contribution is 6.60. The second kappa shape index (κ2) is 22.4. The summed E-state index contributed by atoms with van der Waals surface area (Å²) in [5, 5.41) is 0. The number of alkyl halides is 12. The molecule has 0 aliphatic carbocycles. The number of ether oxygens (including phenoxy) is 2. The summed E-state index contributed by atoms with van der Waals surface area (Å²) >= 11 is 0. The van der Waals surface area contributed by atoms with Crippen molar-refractivity contribution in [3.8, 4) is 0 Å². The Morgan fingerprint density at radius 1 is 0.547 bits per heavy atom. The lowest BCUT2D eigenvalue weighted by atomic mass is 10.0. The molecule has 0 aliphatic rings. The van der Waals surface area contributed by atoms with Crippen molar-refractivity contribution in [3.05, 3.63) is 69.8 Å². The van der Waals surface area contributed by atoms with E-state index >= 15 is 0 Å². The van der Waals surface area contributed by atoms with Gasteiger partial charge in [0.1, 0.15) is 0 Å². The number of aryl methyl sites for hydroxylation is 2. The smallest absolute Gasteiger partial charge is 0.379 e. The van der Waals surface area contributed by atoms with E-state index in [1.807, 2.05) is 0 Å². The molecule has 2 aromatic rings. The summed E-state index contributed by atoms with van der Waals surface area (Å²) in [5.74, 6) is 0. The van der Waals surface area contributed by atoms with Crippen LogP contribution in [0.15, 0.2) is 36.4 Å². The van der Waals surface area contributed by atoms with Gasteiger partial charge in [-0.1, -0.05) is 6.42 Å². The molecule has 0 radical (unpaired) electrons. The fourth-order valence-corrected chi connectivity index (χ4v) is 8.09. The van der Waals surface area contributed by atoms with Gasteiger partial charge in [-0.15, -0.1) is 0 Å². The lowest BCUT2D eigenvalue weighted by Gasteiger charge is -2.25. The Hall–Kier alpha value is -2.21. The topological polar surface area (TPSA) is 55.4 Å². The second-order valence-electron chi connectivity index (χ2n) is 11.4. The van der Waals surface area contributed by atoms with Gasteiger partial charge in [-0.05, 0) is 106 Å². The minimum atomic E-state index is -4.83. The molecule has 6 nitrogen and oxygen atoms in total. The van der Waals surface area contributed by atoms with Crippen LogP contribution in [0.2, 0.25) is 12.1 Å². The Bertz CT molecular complexity index is 1260. The molecule has 0 aromatic heterocycles. The molecule has 0 bridgehead atoms. The molecule has 0 fully saturated rings. The van der Waals surface area contributed by atoms with Crippen LogP contribution in [-0.2, 0) is 64.7 Å². The van der Waals surface area contributed by atoms with Crippen molar-refractivity contribution in [2.24, 2.45) is 0 Å². The molecular formula is C33H46F12O6Si2. The Morgan fingerprint density at radius 2 is 0.925 bits per heavy atom. The highest BCUT2D eigenvalue weighted by Crippen LogP contribution is 2.38. The third-order valence-electron chi connectivity index (χ3n) is 7.45. The normalized spacial score (nSPS) is 13.2. The summed E-state index contributed by atoms with van der Waals surface area (Å²) < 4.78 is 186. The van der Waals surface area contributed by atoms with Crippen molar-refractivity contribution >= 4 is 18.6 Å². The molecule has 0 N–H and O–H groups in total. The lowest BCUT2D eigenvalue weighted by molar-refractivity contribution is -0.243. The third kappa shape index (κ3) is 18.3. The van der Waals surface area contributed by atoms with Crippen LogP contribution < -0.4 is 0 Å². The fourth-order valence-electron chi connectivity index (χ4n) is 4.90. The predicted molar refractivity (Wildman–Crippen MR) is 176 cm³/mol. The predicted octanol–water partition coefficient (Wildman–Crippen LogP) is 10.2. The first kappa shape index (κ1) is 48.8. The van der Waals surface area contributed by atoms with Crippen LogP contribution in [0, 0.1) is 0 Å². The van der Waals surface area contributed by atoms with Gasteiger partial charge in [-0.3, -0.25) is 0 Å². The molecule has 0 saturated heterocycles. The number of unbranched alkanes of at least 4 members (excludes halogenated alkanes) is 2. The van der Waals surface area contributed by atoms with Crippen LogP contribution in [0.3, 0.4) is 0 Å². The highest BCUT2D eigenvalue weighted by atomic mass is 28.4. The Morgan fingerprint density at radius 3 is 1.25 bits per heavy atom. The molecule has 53 heavy (non-hydrogen) atoms. The molecule has 0 aliphatic heterocycles. The molecule has 20 heteroatoms. The summed E-state index contributed by atoms with van der Waals surface area (Å²) in [5.41, 5.74) is -5.13. The van der Waals surface area contributed by atoms with Gasteiger partial charge in [0.15, 0.2) is 9.76 Å². The minimum absolute atomic E-state index is 0.00865. The van der Waals surface area contributed by atoms with Crippen molar-refractivity contribution in [2.45, 2.75) is 103 Å². The molecule has 0 saturated carbocycles. The van der Waals surface area contributed by atoms with Crippen molar-refractivity contribution in [3.63, 3.8) is 0 Å². The van der Waals surface area contributed by atoms with E-state index in [0.29, 0.717) is 51.5 Å². The first-order valence-electron chi connectivity index (χ1n) is 16.7. The molecule has 0 amide bonds. The minimum Gasteiger partial charge on any atom is -0.379 e. The van der Waals surface area contributed by atoms with Gasteiger partial charge >= 0.3 is 33.5 Å². The molecule has 306 valence electrons. The first-order chi connectivity index (χ1) is 24.5. The molecule has 0 unspecified atom stereocenters. The number of benzene rings is 2. The van der Waals surface area contributed by atoms with Gasteiger partial charge in [0.25, 0.3) is 6.48 Å². The first-order valence-corrected chi connectivity index (χ1v) is 20.2. The average Bonchev–Trinajstić information content (AvgIpc) is 3.06. The number of hydrogen-bond acceptors (Lipinski definition) is 6. The van der Waals surface area contributed by atoms with Crippen LogP contribution in [0.4, 0.5) is 52.7 Å². The summed E-state index contributed by atoms with van der Waals surface area (Å²) in [7, 11) is -0.866. The van der Waals surface area contributed by atoms with Crippen LogP contribution >= 0.6 is 0 Å². The Kier molecular flexibility index (Phi) is 20.6. The van der Waals surface area contributed by atoms with Gasteiger partial charge in [0, 0.05) is 40.1 Å². The lowest BCUT2D eigenvalue weighted by Crippen LogP contribution is -2.43. The molecule has 2 rings (SSSR count). The molecule has 0 atom stereocenters. The van der Waals surface area contributed by atoms with E-state index < -0.39 is 72.0 Å². The van der Waals surface area contributed by atoms with Crippen molar-refractivity contribution in [1.29, 1.82) is 0 Å². The van der Waals surface area contributed by atoms with E-state index in [1.165, 1.54) is 14.2 Å².